The SMILES string of the molecule is CON(C)C(=O)C(C)(CC(C)C(=O)CC(O)C=CC(C)CC(C)C)O[Si](C)(C)C(C)(C)C. The highest BCUT2D eigenvalue weighted by atomic mass is 28.4. The molecule has 0 radical (unpaired) electrons. The van der Waals surface area contributed by atoms with Gasteiger partial charge in [0.2, 0.25) is 0 Å². The van der Waals surface area contributed by atoms with Crippen molar-refractivity contribution in [3.05, 3.63) is 12.2 Å². The molecular formula is C25H49NO5Si. The van der Waals surface area contributed by atoms with Gasteiger partial charge in [-0.25, -0.2) is 5.06 Å². The van der Waals surface area contributed by atoms with Crippen LogP contribution in [0.15, 0.2) is 12.2 Å². The lowest BCUT2D eigenvalue weighted by Gasteiger charge is -2.44. The molecule has 0 aliphatic carbocycles. The van der Waals surface area contributed by atoms with Gasteiger partial charge in [0.1, 0.15) is 11.4 Å². The van der Waals surface area contributed by atoms with Gasteiger partial charge in [0, 0.05) is 19.4 Å². The summed E-state index contributed by atoms with van der Waals surface area (Å²) in [5, 5.41) is 11.4. The number of ketones is 1. The topological polar surface area (TPSA) is 76.1 Å². The van der Waals surface area contributed by atoms with Gasteiger partial charge in [-0.1, -0.05) is 60.6 Å². The van der Waals surface area contributed by atoms with Gasteiger partial charge in [-0.15, -0.1) is 0 Å². The molecule has 0 bridgehead atoms. The van der Waals surface area contributed by atoms with Crippen molar-refractivity contribution in [1.82, 2.24) is 5.06 Å². The molecule has 0 aromatic heterocycles. The molecule has 0 aliphatic heterocycles. The third-order valence-corrected chi connectivity index (χ3v) is 11.0. The molecule has 0 aromatic rings. The smallest absolute Gasteiger partial charge is 0.276 e. The van der Waals surface area contributed by atoms with E-state index in [1.54, 1.807) is 27.0 Å². The van der Waals surface area contributed by atoms with Crippen LogP contribution in [0.5, 0.6) is 0 Å². The first-order valence-corrected chi connectivity index (χ1v) is 14.7. The van der Waals surface area contributed by atoms with Crippen LogP contribution in [0, 0.1) is 17.8 Å². The van der Waals surface area contributed by atoms with Crippen molar-refractivity contribution in [3.8, 4) is 0 Å². The van der Waals surface area contributed by atoms with E-state index in [1.807, 2.05) is 6.08 Å². The number of Topliss-reactive ketones (excluding diaryl/α,β-unsaturated/α-hetero) is 1. The lowest BCUT2D eigenvalue weighted by molar-refractivity contribution is -0.187. The van der Waals surface area contributed by atoms with E-state index in [0.29, 0.717) is 11.8 Å². The number of hydroxylamine groups is 2. The van der Waals surface area contributed by atoms with Gasteiger partial charge in [-0.3, -0.25) is 14.4 Å². The predicted octanol–water partition coefficient (Wildman–Crippen LogP) is 5.37. The van der Waals surface area contributed by atoms with Gasteiger partial charge >= 0.3 is 0 Å². The quantitative estimate of drug-likeness (QED) is 0.222. The molecule has 1 N–H and O–H groups in total. The molecule has 0 heterocycles. The molecule has 0 rings (SSSR count). The molecule has 0 spiro atoms. The fourth-order valence-corrected chi connectivity index (χ4v) is 5.22. The Balaban J connectivity index is 5.44. The van der Waals surface area contributed by atoms with Crippen molar-refractivity contribution in [2.45, 2.75) is 104 Å². The second-order valence-electron chi connectivity index (χ2n) is 11.4. The molecule has 6 nitrogen and oxygen atoms in total. The predicted molar refractivity (Wildman–Crippen MR) is 134 cm³/mol. The lowest BCUT2D eigenvalue weighted by atomic mass is 9.87. The number of likely N-dealkylation sites (N-methyl/N-ethyl adjacent to an activating group) is 1. The van der Waals surface area contributed by atoms with E-state index >= 15 is 0 Å². The van der Waals surface area contributed by atoms with Crippen molar-refractivity contribution in [2.75, 3.05) is 14.2 Å². The fourth-order valence-electron chi connectivity index (χ4n) is 3.62. The Morgan fingerprint density at radius 3 is 2.03 bits per heavy atom. The van der Waals surface area contributed by atoms with Crippen molar-refractivity contribution in [1.29, 1.82) is 0 Å². The molecule has 0 saturated heterocycles. The number of rotatable bonds is 13. The summed E-state index contributed by atoms with van der Waals surface area (Å²) in [6.07, 6.45) is 4.15. The largest absolute Gasteiger partial charge is 0.403 e. The summed E-state index contributed by atoms with van der Waals surface area (Å²) in [6, 6.07) is 0. The Bertz CT molecular complexity index is 641. The number of carbonyl (C=O) groups excluding carboxylic acids is 2. The van der Waals surface area contributed by atoms with Crippen LogP contribution >= 0.6 is 0 Å². The number of hydrogen-bond donors (Lipinski definition) is 1. The summed E-state index contributed by atoms with van der Waals surface area (Å²) in [5.74, 6) is 0.0783. The van der Waals surface area contributed by atoms with E-state index < -0.39 is 25.9 Å². The minimum Gasteiger partial charge on any atom is -0.403 e. The first-order chi connectivity index (χ1) is 14.4. The van der Waals surface area contributed by atoms with Gasteiger partial charge in [0.25, 0.3) is 5.91 Å². The highest BCUT2D eigenvalue weighted by Crippen LogP contribution is 2.41. The fraction of sp³-hybridized carbons (Fsp3) is 0.840. The Labute approximate surface area is 197 Å². The van der Waals surface area contributed by atoms with Gasteiger partial charge in [0.15, 0.2) is 8.32 Å². The summed E-state index contributed by atoms with van der Waals surface area (Å²) < 4.78 is 6.56. The number of aliphatic hydroxyl groups excluding tert-OH is 1. The van der Waals surface area contributed by atoms with Crippen LogP contribution in [0.2, 0.25) is 18.1 Å². The molecule has 0 aromatic carbocycles. The number of aliphatic hydroxyl groups is 1. The van der Waals surface area contributed by atoms with Crippen LogP contribution in [0.25, 0.3) is 0 Å². The Morgan fingerprint density at radius 2 is 1.59 bits per heavy atom. The molecule has 188 valence electrons. The van der Waals surface area contributed by atoms with E-state index in [9.17, 15) is 14.7 Å². The molecule has 7 heteroatoms. The first-order valence-electron chi connectivity index (χ1n) is 11.8. The number of amides is 1. The molecule has 4 unspecified atom stereocenters. The summed E-state index contributed by atoms with van der Waals surface area (Å²) >= 11 is 0. The van der Waals surface area contributed by atoms with Crippen LogP contribution in [-0.2, 0) is 18.9 Å². The van der Waals surface area contributed by atoms with Gasteiger partial charge in [0.05, 0.1) is 13.2 Å². The number of nitrogens with zero attached hydrogens (tertiary/aromatic N) is 1. The van der Waals surface area contributed by atoms with Gasteiger partial charge in [-0.05, 0) is 49.7 Å². The number of carbonyl (C=O) groups is 2. The number of hydrogen-bond acceptors (Lipinski definition) is 5. The Kier molecular flexibility index (Phi) is 12.0. The maximum atomic E-state index is 13.2. The van der Waals surface area contributed by atoms with Gasteiger partial charge < -0.3 is 9.53 Å². The summed E-state index contributed by atoms with van der Waals surface area (Å²) in [6.45, 7) is 20.5. The minimum absolute atomic E-state index is 0.0244. The monoisotopic (exact) mass is 471 g/mol. The van der Waals surface area contributed by atoms with Crippen LogP contribution in [0.3, 0.4) is 0 Å². The van der Waals surface area contributed by atoms with Crippen LogP contribution in [-0.4, -0.2) is 56.0 Å². The van der Waals surface area contributed by atoms with Crippen molar-refractivity contribution in [2.24, 2.45) is 17.8 Å². The zero-order valence-electron chi connectivity index (χ0n) is 22.6. The van der Waals surface area contributed by atoms with E-state index in [2.05, 4.69) is 54.6 Å². The normalized spacial score (nSPS) is 17.8. The maximum Gasteiger partial charge on any atom is 0.276 e. The second kappa shape index (κ2) is 12.4. The van der Waals surface area contributed by atoms with E-state index in [4.69, 9.17) is 9.26 Å². The molecule has 0 aliphatic rings. The van der Waals surface area contributed by atoms with Crippen molar-refractivity contribution < 1.29 is 24.0 Å². The molecule has 0 saturated carbocycles. The minimum atomic E-state index is -2.31. The molecule has 1 amide bonds. The maximum absolute atomic E-state index is 13.2. The zero-order chi connectivity index (χ0) is 25.5. The van der Waals surface area contributed by atoms with E-state index in [0.717, 1.165) is 11.5 Å². The summed E-state index contributed by atoms with van der Waals surface area (Å²) in [7, 11) is 0.674. The van der Waals surface area contributed by atoms with Crippen LogP contribution < -0.4 is 0 Å². The average molecular weight is 472 g/mol. The summed E-state index contributed by atoms with van der Waals surface area (Å²) in [5.41, 5.74) is -1.20. The summed E-state index contributed by atoms with van der Waals surface area (Å²) in [4.78, 5) is 31.2. The average Bonchev–Trinajstić information content (AvgIpc) is 2.62. The van der Waals surface area contributed by atoms with Crippen LogP contribution in [0.1, 0.15) is 74.7 Å². The zero-order valence-corrected chi connectivity index (χ0v) is 23.6. The molecule has 0 fully saturated rings. The van der Waals surface area contributed by atoms with Crippen LogP contribution in [0.4, 0.5) is 0 Å². The third kappa shape index (κ3) is 9.85. The third-order valence-electron chi connectivity index (χ3n) is 6.46. The van der Waals surface area contributed by atoms with Crippen molar-refractivity contribution >= 4 is 20.0 Å². The highest BCUT2D eigenvalue weighted by Gasteiger charge is 2.48. The molecular weight excluding hydrogens is 422 g/mol. The van der Waals surface area contributed by atoms with Crippen molar-refractivity contribution in [3.63, 3.8) is 0 Å². The highest BCUT2D eigenvalue weighted by molar-refractivity contribution is 6.74. The Hall–Kier alpha value is -1.02. The number of allylic oxidation sites excluding steroid dienone is 1. The van der Waals surface area contributed by atoms with E-state index in [1.165, 1.54) is 7.11 Å². The first kappa shape index (κ1) is 31.0. The van der Waals surface area contributed by atoms with E-state index in [-0.39, 0.29) is 29.6 Å². The molecule has 32 heavy (non-hydrogen) atoms. The Morgan fingerprint density at radius 1 is 1.06 bits per heavy atom. The second-order valence-corrected chi connectivity index (χ2v) is 16.1. The molecule has 4 atom stereocenters. The standard InChI is InChI=1S/C25H49NO5Si/c1-18(2)15-19(3)13-14-21(27)16-22(28)20(4)17-25(8,23(29)26(9)30-10)31-32(11,12)24(5,6)7/h13-14,18-21,27H,15-17H2,1-12H3. The lowest BCUT2D eigenvalue weighted by Crippen LogP contribution is -2.56. The van der Waals surface area contributed by atoms with Gasteiger partial charge in [-0.2, -0.15) is 0 Å².